The van der Waals surface area contributed by atoms with Crippen molar-refractivity contribution < 1.29 is 4.42 Å². The van der Waals surface area contributed by atoms with E-state index in [1.165, 1.54) is 0 Å². The maximum Gasteiger partial charge on any atom is 0.152 e. The lowest BCUT2D eigenvalue weighted by atomic mass is 10.2. The third-order valence-corrected chi connectivity index (χ3v) is 2.32. The van der Waals surface area contributed by atoms with Crippen molar-refractivity contribution in [1.29, 1.82) is 0 Å². The molecule has 2 aromatic rings. The summed E-state index contributed by atoms with van der Waals surface area (Å²) in [5, 5.41) is 4.36. The van der Waals surface area contributed by atoms with Crippen LogP contribution in [0.3, 0.4) is 0 Å². The van der Waals surface area contributed by atoms with Gasteiger partial charge in [0.15, 0.2) is 5.76 Å². The SMILES string of the molecule is Cc1ccc(-c2cc(CCN)nn2C)o1. The number of furan rings is 1. The molecule has 0 atom stereocenters. The number of aromatic nitrogens is 2. The lowest BCUT2D eigenvalue weighted by Gasteiger charge is -1.95. The first-order valence-corrected chi connectivity index (χ1v) is 5.00. The van der Waals surface area contributed by atoms with Crippen LogP contribution in [0.2, 0.25) is 0 Å². The number of hydrogen-bond acceptors (Lipinski definition) is 3. The summed E-state index contributed by atoms with van der Waals surface area (Å²) < 4.78 is 7.37. The van der Waals surface area contributed by atoms with Gasteiger partial charge in [-0.05, 0) is 31.7 Å². The molecule has 0 aliphatic heterocycles. The van der Waals surface area contributed by atoms with Crippen LogP contribution in [0.5, 0.6) is 0 Å². The largest absolute Gasteiger partial charge is 0.460 e. The molecule has 4 heteroatoms. The monoisotopic (exact) mass is 205 g/mol. The quantitative estimate of drug-likeness (QED) is 0.825. The zero-order valence-corrected chi connectivity index (χ0v) is 9.03. The Bertz CT molecular complexity index is 456. The van der Waals surface area contributed by atoms with Crippen molar-refractivity contribution in [2.45, 2.75) is 13.3 Å². The Morgan fingerprint density at radius 1 is 1.47 bits per heavy atom. The average Bonchev–Trinajstić information content (AvgIpc) is 2.73. The molecule has 2 rings (SSSR count). The number of aryl methyl sites for hydroxylation is 2. The molecular weight excluding hydrogens is 190 g/mol. The molecule has 0 bridgehead atoms. The van der Waals surface area contributed by atoms with Gasteiger partial charge in [0, 0.05) is 13.5 Å². The van der Waals surface area contributed by atoms with Crippen molar-refractivity contribution in [3.05, 3.63) is 29.7 Å². The van der Waals surface area contributed by atoms with E-state index in [1.54, 1.807) is 0 Å². The van der Waals surface area contributed by atoms with Gasteiger partial charge in [0.2, 0.25) is 0 Å². The standard InChI is InChI=1S/C11H15N3O/c1-8-3-4-11(15-8)10-7-9(5-6-12)13-14(10)2/h3-4,7H,5-6,12H2,1-2H3. The minimum Gasteiger partial charge on any atom is -0.460 e. The van der Waals surface area contributed by atoms with Gasteiger partial charge < -0.3 is 10.2 Å². The van der Waals surface area contributed by atoms with Crippen molar-refractivity contribution >= 4 is 0 Å². The third kappa shape index (κ3) is 1.94. The zero-order chi connectivity index (χ0) is 10.8. The van der Waals surface area contributed by atoms with Crippen LogP contribution >= 0.6 is 0 Å². The first-order valence-electron chi connectivity index (χ1n) is 5.00. The van der Waals surface area contributed by atoms with Gasteiger partial charge in [-0.25, -0.2) is 0 Å². The molecule has 0 aliphatic rings. The topological polar surface area (TPSA) is 57.0 Å². The van der Waals surface area contributed by atoms with E-state index in [2.05, 4.69) is 5.10 Å². The number of nitrogens with two attached hydrogens (primary N) is 1. The molecule has 0 fully saturated rings. The smallest absolute Gasteiger partial charge is 0.152 e. The second kappa shape index (κ2) is 3.90. The van der Waals surface area contributed by atoms with E-state index in [0.717, 1.165) is 29.3 Å². The van der Waals surface area contributed by atoms with Crippen LogP contribution in [0, 0.1) is 6.92 Å². The lowest BCUT2D eigenvalue weighted by Crippen LogP contribution is -2.03. The van der Waals surface area contributed by atoms with Crippen LogP contribution in [0.25, 0.3) is 11.5 Å². The molecule has 0 amide bonds. The molecule has 80 valence electrons. The molecule has 2 aromatic heterocycles. The highest BCUT2D eigenvalue weighted by Crippen LogP contribution is 2.22. The number of hydrogen-bond donors (Lipinski definition) is 1. The van der Waals surface area contributed by atoms with Crippen molar-refractivity contribution in [2.75, 3.05) is 6.54 Å². The molecule has 15 heavy (non-hydrogen) atoms. The second-order valence-corrected chi connectivity index (χ2v) is 3.59. The van der Waals surface area contributed by atoms with Gasteiger partial charge in [-0.15, -0.1) is 0 Å². The summed E-state index contributed by atoms with van der Waals surface area (Å²) in [7, 11) is 1.91. The number of rotatable bonds is 3. The van der Waals surface area contributed by atoms with E-state index in [-0.39, 0.29) is 0 Å². The van der Waals surface area contributed by atoms with Gasteiger partial charge in [-0.2, -0.15) is 5.10 Å². The molecule has 0 saturated heterocycles. The van der Waals surface area contributed by atoms with Crippen LogP contribution in [0.15, 0.2) is 22.6 Å². The highest BCUT2D eigenvalue weighted by Gasteiger charge is 2.09. The van der Waals surface area contributed by atoms with Crippen LogP contribution in [-0.2, 0) is 13.5 Å². The van der Waals surface area contributed by atoms with Crippen LogP contribution in [0.4, 0.5) is 0 Å². The summed E-state index contributed by atoms with van der Waals surface area (Å²) >= 11 is 0. The van der Waals surface area contributed by atoms with Gasteiger partial charge >= 0.3 is 0 Å². The minimum absolute atomic E-state index is 0.619. The second-order valence-electron chi connectivity index (χ2n) is 3.59. The summed E-state index contributed by atoms with van der Waals surface area (Å²) in [6.07, 6.45) is 0.799. The van der Waals surface area contributed by atoms with E-state index in [1.807, 2.05) is 36.9 Å². The molecule has 4 nitrogen and oxygen atoms in total. The fourth-order valence-electron chi connectivity index (χ4n) is 1.60. The molecule has 2 N–H and O–H groups in total. The Labute approximate surface area is 88.7 Å². The Hall–Kier alpha value is -1.55. The predicted molar refractivity (Wildman–Crippen MR) is 58.4 cm³/mol. The van der Waals surface area contributed by atoms with Crippen LogP contribution in [-0.4, -0.2) is 16.3 Å². The highest BCUT2D eigenvalue weighted by molar-refractivity contribution is 5.53. The van der Waals surface area contributed by atoms with Crippen molar-refractivity contribution in [3.8, 4) is 11.5 Å². The fourth-order valence-corrected chi connectivity index (χ4v) is 1.60. The summed E-state index contributed by atoms with van der Waals surface area (Å²) in [6.45, 7) is 2.55. The highest BCUT2D eigenvalue weighted by atomic mass is 16.3. The average molecular weight is 205 g/mol. The lowest BCUT2D eigenvalue weighted by molar-refractivity contribution is 0.541. The Kier molecular flexibility index (Phi) is 2.60. The van der Waals surface area contributed by atoms with Crippen molar-refractivity contribution in [1.82, 2.24) is 9.78 Å². The third-order valence-electron chi connectivity index (χ3n) is 2.32. The summed E-state index contributed by atoms with van der Waals surface area (Å²) in [4.78, 5) is 0. The van der Waals surface area contributed by atoms with Gasteiger partial charge in [0.25, 0.3) is 0 Å². The molecule has 0 spiro atoms. The molecule has 0 aliphatic carbocycles. The van der Waals surface area contributed by atoms with E-state index < -0.39 is 0 Å². The van der Waals surface area contributed by atoms with Gasteiger partial charge in [0.05, 0.1) is 5.69 Å². The minimum atomic E-state index is 0.619. The first-order chi connectivity index (χ1) is 7.20. The first kappa shape index (κ1) is 9.98. The summed E-state index contributed by atoms with van der Waals surface area (Å²) in [6, 6.07) is 5.93. The maximum atomic E-state index is 5.55. The number of nitrogens with zero attached hydrogens (tertiary/aromatic N) is 2. The predicted octanol–water partition coefficient (Wildman–Crippen LogP) is 1.49. The van der Waals surface area contributed by atoms with Crippen LogP contribution < -0.4 is 5.73 Å². The normalized spacial score (nSPS) is 10.9. The zero-order valence-electron chi connectivity index (χ0n) is 9.03. The van der Waals surface area contributed by atoms with Gasteiger partial charge in [0.1, 0.15) is 11.5 Å². The van der Waals surface area contributed by atoms with E-state index in [9.17, 15) is 0 Å². The van der Waals surface area contributed by atoms with Crippen LogP contribution in [0.1, 0.15) is 11.5 Å². The summed E-state index contributed by atoms with van der Waals surface area (Å²) in [5.41, 5.74) is 7.49. The molecule has 0 radical (unpaired) electrons. The van der Waals surface area contributed by atoms with E-state index >= 15 is 0 Å². The molecular formula is C11H15N3O. The van der Waals surface area contributed by atoms with E-state index in [0.29, 0.717) is 6.54 Å². The summed E-state index contributed by atoms with van der Waals surface area (Å²) in [5.74, 6) is 1.76. The fraction of sp³-hybridized carbons (Fsp3) is 0.364. The van der Waals surface area contributed by atoms with Gasteiger partial charge in [-0.3, -0.25) is 4.68 Å². The Balaban J connectivity index is 2.35. The van der Waals surface area contributed by atoms with Gasteiger partial charge in [-0.1, -0.05) is 0 Å². The molecule has 0 unspecified atom stereocenters. The molecule has 2 heterocycles. The Morgan fingerprint density at radius 3 is 2.87 bits per heavy atom. The molecule has 0 saturated carbocycles. The van der Waals surface area contributed by atoms with E-state index in [4.69, 9.17) is 10.2 Å². The maximum absolute atomic E-state index is 5.55. The van der Waals surface area contributed by atoms with Crippen molar-refractivity contribution in [3.63, 3.8) is 0 Å². The van der Waals surface area contributed by atoms with Crippen molar-refractivity contribution in [2.24, 2.45) is 12.8 Å². The molecule has 0 aromatic carbocycles. The Morgan fingerprint density at radius 2 is 2.27 bits per heavy atom.